The van der Waals surface area contributed by atoms with Crippen LogP contribution >= 0.6 is 0 Å². The number of nitrogens with one attached hydrogen (secondary N) is 2. The SMILES string of the molecule is C=C(C(=O)Nc1ccc([N+](=O)[O-])cc1)C(NS(=O)(=O)c1ccc(C)cc1)c1ccc(OC)cc1. The lowest BCUT2D eigenvalue weighted by Gasteiger charge is -2.21. The van der Waals surface area contributed by atoms with Gasteiger partial charge < -0.3 is 10.1 Å². The lowest BCUT2D eigenvalue weighted by atomic mass is 10.00. The van der Waals surface area contributed by atoms with Crippen LogP contribution in [0.5, 0.6) is 5.75 Å². The van der Waals surface area contributed by atoms with Gasteiger partial charge in [0.15, 0.2) is 0 Å². The van der Waals surface area contributed by atoms with Crippen LogP contribution in [0.25, 0.3) is 0 Å². The number of nitro benzene ring substituents is 1. The van der Waals surface area contributed by atoms with Crippen molar-refractivity contribution in [2.75, 3.05) is 12.4 Å². The number of carbonyl (C=O) groups is 1. The Hall–Kier alpha value is -4.02. The van der Waals surface area contributed by atoms with E-state index in [0.717, 1.165) is 5.56 Å². The topological polar surface area (TPSA) is 128 Å². The number of methoxy groups -OCH3 is 1. The maximum atomic E-state index is 13.1. The van der Waals surface area contributed by atoms with E-state index in [2.05, 4.69) is 16.6 Å². The minimum atomic E-state index is -4.00. The van der Waals surface area contributed by atoms with Gasteiger partial charge in [-0.15, -0.1) is 0 Å². The summed E-state index contributed by atoms with van der Waals surface area (Å²) in [7, 11) is -2.50. The van der Waals surface area contributed by atoms with Crippen LogP contribution in [0, 0.1) is 17.0 Å². The van der Waals surface area contributed by atoms with E-state index in [9.17, 15) is 23.3 Å². The van der Waals surface area contributed by atoms with Gasteiger partial charge in [-0.25, -0.2) is 8.42 Å². The lowest BCUT2D eigenvalue weighted by Crippen LogP contribution is -2.33. The summed E-state index contributed by atoms with van der Waals surface area (Å²) < 4.78 is 33.8. The molecule has 0 aliphatic heterocycles. The van der Waals surface area contributed by atoms with Crippen LogP contribution in [0.15, 0.2) is 89.8 Å². The van der Waals surface area contributed by atoms with Crippen LogP contribution in [0.3, 0.4) is 0 Å². The molecule has 9 nitrogen and oxygen atoms in total. The fraction of sp³-hybridized carbons (Fsp3) is 0.125. The van der Waals surface area contributed by atoms with E-state index in [1.54, 1.807) is 36.4 Å². The van der Waals surface area contributed by atoms with Crippen molar-refractivity contribution < 1.29 is 22.9 Å². The molecule has 3 aromatic carbocycles. The van der Waals surface area contributed by atoms with Crippen LogP contribution in [0.4, 0.5) is 11.4 Å². The molecule has 0 radical (unpaired) electrons. The first kappa shape index (κ1) is 24.6. The van der Waals surface area contributed by atoms with Gasteiger partial charge in [-0.1, -0.05) is 36.4 Å². The third-order valence-corrected chi connectivity index (χ3v) is 6.47. The van der Waals surface area contributed by atoms with Crippen molar-refractivity contribution in [3.05, 3.63) is 106 Å². The largest absolute Gasteiger partial charge is 0.497 e. The summed E-state index contributed by atoms with van der Waals surface area (Å²) in [5.74, 6) is -0.0916. The number of hydrogen-bond acceptors (Lipinski definition) is 6. The summed E-state index contributed by atoms with van der Waals surface area (Å²) in [4.78, 5) is 23.3. The molecule has 34 heavy (non-hydrogen) atoms. The Kier molecular flexibility index (Phi) is 7.44. The molecule has 1 amide bonds. The number of rotatable bonds is 9. The third-order valence-electron chi connectivity index (χ3n) is 5.03. The van der Waals surface area contributed by atoms with Gasteiger partial charge in [-0.2, -0.15) is 4.72 Å². The first-order valence-corrected chi connectivity index (χ1v) is 11.6. The molecule has 1 unspecified atom stereocenters. The summed E-state index contributed by atoms with van der Waals surface area (Å²) in [6.07, 6.45) is 0. The molecule has 1 atom stereocenters. The van der Waals surface area contributed by atoms with E-state index >= 15 is 0 Å². The number of non-ortho nitro benzene ring substituents is 1. The van der Waals surface area contributed by atoms with E-state index in [1.165, 1.54) is 43.5 Å². The summed E-state index contributed by atoms with van der Waals surface area (Å²) >= 11 is 0. The molecule has 0 heterocycles. The minimum absolute atomic E-state index is 0.0418. The molecular weight excluding hydrogens is 458 g/mol. The number of hydrogen-bond donors (Lipinski definition) is 2. The maximum Gasteiger partial charge on any atom is 0.269 e. The van der Waals surface area contributed by atoms with E-state index < -0.39 is 26.9 Å². The van der Waals surface area contributed by atoms with Gasteiger partial charge in [-0.3, -0.25) is 14.9 Å². The molecule has 3 rings (SSSR count). The Morgan fingerprint density at radius 2 is 1.59 bits per heavy atom. The second-order valence-electron chi connectivity index (χ2n) is 7.42. The van der Waals surface area contributed by atoms with Gasteiger partial charge in [-0.05, 0) is 48.9 Å². The first-order valence-electron chi connectivity index (χ1n) is 10.1. The molecule has 0 saturated carbocycles. The monoisotopic (exact) mass is 481 g/mol. The second-order valence-corrected chi connectivity index (χ2v) is 9.14. The number of carbonyl (C=O) groups excluding carboxylic acids is 1. The van der Waals surface area contributed by atoms with Gasteiger partial charge in [0.1, 0.15) is 5.75 Å². The van der Waals surface area contributed by atoms with E-state index in [-0.39, 0.29) is 16.2 Å². The van der Waals surface area contributed by atoms with Crippen LogP contribution in [-0.2, 0) is 14.8 Å². The molecule has 3 aromatic rings. The molecule has 0 aliphatic carbocycles. The number of benzene rings is 3. The van der Waals surface area contributed by atoms with Crippen molar-refractivity contribution in [3.63, 3.8) is 0 Å². The van der Waals surface area contributed by atoms with Gasteiger partial charge in [0, 0.05) is 23.4 Å². The molecule has 0 aromatic heterocycles. The Morgan fingerprint density at radius 1 is 1.00 bits per heavy atom. The Morgan fingerprint density at radius 3 is 2.12 bits per heavy atom. The molecule has 176 valence electrons. The Balaban J connectivity index is 1.90. The Bertz CT molecular complexity index is 1300. The molecular formula is C24H23N3O6S. The predicted molar refractivity (Wildman–Crippen MR) is 128 cm³/mol. The molecule has 0 saturated heterocycles. The number of nitro groups is 1. The number of aryl methyl sites for hydroxylation is 1. The lowest BCUT2D eigenvalue weighted by molar-refractivity contribution is -0.384. The van der Waals surface area contributed by atoms with Gasteiger partial charge >= 0.3 is 0 Å². The summed E-state index contributed by atoms with van der Waals surface area (Å²) in [6.45, 7) is 5.67. The highest BCUT2D eigenvalue weighted by Crippen LogP contribution is 2.27. The van der Waals surface area contributed by atoms with Crippen LogP contribution in [0.1, 0.15) is 17.2 Å². The van der Waals surface area contributed by atoms with Crippen molar-refractivity contribution in [2.45, 2.75) is 17.9 Å². The normalized spacial score (nSPS) is 11.9. The average molecular weight is 482 g/mol. The highest BCUT2D eigenvalue weighted by molar-refractivity contribution is 7.89. The summed E-state index contributed by atoms with van der Waals surface area (Å²) in [6, 6.07) is 17.0. The number of anilines is 1. The van der Waals surface area contributed by atoms with Gasteiger partial charge in [0.05, 0.1) is 23.0 Å². The second kappa shape index (κ2) is 10.3. The zero-order chi connectivity index (χ0) is 24.9. The van der Waals surface area contributed by atoms with Crippen molar-refractivity contribution in [3.8, 4) is 5.75 Å². The molecule has 10 heteroatoms. The fourth-order valence-corrected chi connectivity index (χ4v) is 4.31. The van der Waals surface area contributed by atoms with Crippen LogP contribution < -0.4 is 14.8 Å². The van der Waals surface area contributed by atoms with Gasteiger partial charge in [0.2, 0.25) is 10.0 Å². The van der Waals surface area contributed by atoms with Crippen LogP contribution in [-0.4, -0.2) is 26.4 Å². The molecule has 2 N–H and O–H groups in total. The van der Waals surface area contributed by atoms with Crippen molar-refractivity contribution in [1.29, 1.82) is 0 Å². The fourth-order valence-electron chi connectivity index (χ4n) is 3.09. The molecule has 0 aliphatic rings. The minimum Gasteiger partial charge on any atom is -0.497 e. The molecule has 0 fully saturated rings. The first-order chi connectivity index (χ1) is 16.1. The van der Waals surface area contributed by atoms with E-state index in [1.807, 2.05) is 6.92 Å². The van der Waals surface area contributed by atoms with Gasteiger partial charge in [0.25, 0.3) is 11.6 Å². The zero-order valence-corrected chi connectivity index (χ0v) is 19.3. The molecule has 0 bridgehead atoms. The maximum absolute atomic E-state index is 13.1. The van der Waals surface area contributed by atoms with E-state index in [4.69, 9.17) is 4.74 Å². The number of nitrogens with zero attached hydrogens (tertiary/aromatic N) is 1. The standard InChI is InChI=1S/C24H23N3O6S/c1-16-4-14-22(15-5-16)34(31,32)26-23(18-6-12-21(33-3)13-7-18)17(2)24(28)25-19-8-10-20(11-9-19)27(29)30/h4-15,23,26H,2H2,1,3H3,(H,25,28). The molecule has 0 spiro atoms. The Labute approximate surface area is 197 Å². The smallest absolute Gasteiger partial charge is 0.269 e. The number of sulfonamides is 1. The zero-order valence-electron chi connectivity index (χ0n) is 18.5. The quantitative estimate of drug-likeness (QED) is 0.269. The van der Waals surface area contributed by atoms with Crippen LogP contribution in [0.2, 0.25) is 0 Å². The average Bonchev–Trinajstić information content (AvgIpc) is 2.83. The summed E-state index contributed by atoms with van der Waals surface area (Å²) in [5, 5.41) is 13.4. The van der Waals surface area contributed by atoms with E-state index in [0.29, 0.717) is 17.0 Å². The van der Waals surface area contributed by atoms with Crippen molar-refractivity contribution in [1.82, 2.24) is 4.72 Å². The van der Waals surface area contributed by atoms with Crippen molar-refractivity contribution in [2.24, 2.45) is 0 Å². The highest BCUT2D eigenvalue weighted by atomic mass is 32.2. The number of amides is 1. The third kappa shape index (κ3) is 5.85. The van der Waals surface area contributed by atoms with Crippen molar-refractivity contribution >= 4 is 27.3 Å². The summed E-state index contributed by atoms with van der Waals surface area (Å²) in [5.41, 5.74) is 1.47. The number of ether oxygens (including phenoxy) is 1. The highest BCUT2D eigenvalue weighted by Gasteiger charge is 2.27. The predicted octanol–water partition coefficient (Wildman–Crippen LogP) is 4.13.